The van der Waals surface area contributed by atoms with Crippen LogP contribution in [0.3, 0.4) is 0 Å². The van der Waals surface area contributed by atoms with Crippen LogP contribution in [0.4, 0.5) is 5.95 Å². The van der Waals surface area contributed by atoms with E-state index in [1.807, 2.05) is 31.4 Å². The fraction of sp³-hybridized carbons (Fsp3) is 0.211. The zero-order valence-electron chi connectivity index (χ0n) is 13.1. The summed E-state index contributed by atoms with van der Waals surface area (Å²) in [6.07, 6.45) is 2.99. The number of hydrogen-bond donors (Lipinski definition) is 1. The van der Waals surface area contributed by atoms with E-state index in [1.165, 1.54) is 16.7 Å². The Morgan fingerprint density at radius 2 is 1.64 bits per heavy atom. The van der Waals surface area contributed by atoms with Crippen molar-refractivity contribution in [3.05, 3.63) is 71.9 Å². The minimum atomic E-state index is 0.781. The average molecular weight is 291 g/mol. The summed E-state index contributed by atoms with van der Waals surface area (Å²) in [6.45, 7) is 2.95. The molecule has 0 fully saturated rings. The van der Waals surface area contributed by atoms with Gasteiger partial charge in [-0.25, -0.2) is 4.98 Å². The molecule has 0 amide bonds. The molecule has 0 spiro atoms. The molecule has 3 aromatic rings. The molecule has 1 N–H and O–H groups in total. The Labute approximate surface area is 131 Å². The molecule has 2 aromatic carbocycles. The molecular formula is C19H21N3. The van der Waals surface area contributed by atoms with Gasteiger partial charge in [0.05, 0.1) is 11.9 Å². The van der Waals surface area contributed by atoms with Crippen molar-refractivity contribution >= 4 is 5.95 Å². The number of aryl methyl sites for hydroxylation is 1. The van der Waals surface area contributed by atoms with Crippen LogP contribution < -0.4 is 5.32 Å². The van der Waals surface area contributed by atoms with E-state index < -0.39 is 0 Å². The third kappa shape index (κ3) is 3.03. The van der Waals surface area contributed by atoms with Crippen molar-refractivity contribution < 1.29 is 0 Å². The van der Waals surface area contributed by atoms with E-state index in [0.29, 0.717) is 0 Å². The molecule has 0 saturated carbocycles. The number of imidazole rings is 1. The van der Waals surface area contributed by atoms with Crippen LogP contribution in [0.5, 0.6) is 0 Å². The third-order valence-electron chi connectivity index (χ3n) is 3.94. The molecule has 1 aromatic heterocycles. The SMILES string of the molecule is CCc1ccc(CNc2ncc(-c3ccccc3)n2C)cc1. The molecule has 1 heterocycles. The van der Waals surface area contributed by atoms with Crippen LogP contribution in [-0.4, -0.2) is 9.55 Å². The summed E-state index contributed by atoms with van der Waals surface area (Å²) in [7, 11) is 2.04. The predicted molar refractivity (Wildman–Crippen MR) is 91.8 cm³/mol. The topological polar surface area (TPSA) is 29.9 Å². The van der Waals surface area contributed by atoms with Gasteiger partial charge in [-0.2, -0.15) is 0 Å². The normalized spacial score (nSPS) is 10.6. The highest BCUT2D eigenvalue weighted by Crippen LogP contribution is 2.21. The van der Waals surface area contributed by atoms with Crippen LogP contribution in [0.25, 0.3) is 11.3 Å². The standard InChI is InChI=1S/C19H21N3/c1-3-15-9-11-16(12-10-15)13-20-19-21-14-18(22(19)2)17-7-5-4-6-8-17/h4-12,14H,3,13H2,1-2H3,(H,20,21). The van der Waals surface area contributed by atoms with Gasteiger partial charge in [-0.1, -0.05) is 61.5 Å². The largest absolute Gasteiger partial charge is 0.352 e. The second-order valence-corrected chi connectivity index (χ2v) is 5.42. The molecule has 0 saturated heterocycles. The molecule has 3 rings (SSSR count). The predicted octanol–water partition coefficient (Wildman–Crippen LogP) is 4.26. The van der Waals surface area contributed by atoms with E-state index in [4.69, 9.17) is 0 Å². The Kier molecular flexibility index (Phi) is 4.24. The maximum Gasteiger partial charge on any atom is 0.203 e. The highest BCUT2D eigenvalue weighted by atomic mass is 15.2. The van der Waals surface area contributed by atoms with E-state index in [2.05, 4.69) is 58.2 Å². The lowest BCUT2D eigenvalue weighted by atomic mass is 10.1. The summed E-state index contributed by atoms with van der Waals surface area (Å²) < 4.78 is 2.09. The van der Waals surface area contributed by atoms with E-state index >= 15 is 0 Å². The van der Waals surface area contributed by atoms with E-state index in [0.717, 1.165) is 24.6 Å². The maximum absolute atomic E-state index is 4.49. The van der Waals surface area contributed by atoms with Gasteiger partial charge in [-0.3, -0.25) is 0 Å². The van der Waals surface area contributed by atoms with Crippen LogP contribution >= 0.6 is 0 Å². The minimum Gasteiger partial charge on any atom is -0.352 e. The number of rotatable bonds is 5. The van der Waals surface area contributed by atoms with Gasteiger partial charge in [0.2, 0.25) is 5.95 Å². The zero-order chi connectivity index (χ0) is 15.4. The molecule has 22 heavy (non-hydrogen) atoms. The Bertz CT molecular complexity index is 727. The van der Waals surface area contributed by atoms with Gasteiger partial charge in [0.25, 0.3) is 0 Å². The lowest BCUT2D eigenvalue weighted by Crippen LogP contribution is -2.05. The van der Waals surface area contributed by atoms with Gasteiger partial charge >= 0.3 is 0 Å². The van der Waals surface area contributed by atoms with Crippen molar-refractivity contribution in [1.29, 1.82) is 0 Å². The summed E-state index contributed by atoms with van der Waals surface area (Å²) in [4.78, 5) is 4.49. The number of benzene rings is 2. The molecule has 0 unspecified atom stereocenters. The third-order valence-corrected chi connectivity index (χ3v) is 3.94. The first-order chi connectivity index (χ1) is 10.8. The quantitative estimate of drug-likeness (QED) is 0.761. The van der Waals surface area contributed by atoms with Crippen LogP contribution in [0.2, 0.25) is 0 Å². The van der Waals surface area contributed by atoms with Crippen LogP contribution in [0.1, 0.15) is 18.1 Å². The number of nitrogens with one attached hydrogen (secondary N) is 1. The number of nitrogens with zero attached hydrogens (tertiary/aromatic N) is 2. The smallest absolute Gasteiger partial charge is 0.203 e. The molecule has 0 bridgehead atoms. The van der Waals surface area contributed by atoms with Crippen molar-refractivity contribution in [2.45, 2.75) is 19.9 Å². The number of hydrogen-bond acceptors (Lipinski definition) is 2. The van der Waals surface area contributed by atoms with Crippen molar-refractivity contribution in [3.63, 3.8) is 0 Å². The summed E-state index contributed by atoms with van der Waals surface area (Å²) in [6, 6.07) is 19.0. The second kappa shape index (κ2) is 6.48. The Morgan fingerprint density at radius 3 is 2.32 bits per heavy atom. The highest BCUT2D eigenvalue weighted by molar-refractivity contribution is 5.61. The van der Waals surface area contributed by atoms with E-state index in [9.17, 15) is 0 Å². The summed E-state index contributed by atoms with van der Waals surface area (Å²) in [5, 5.41) is 3.41. The van der Waals surface area contributed by atoms with Crippen molar-refractivity contribution in [3.8, 4) is 11.3 Å². The molecule has 3 heteroatoms. The van der Waals surface area contributed by atoms with Gasteiger partial charge in [0.15, 0.2) is 0 Å². The second-order valence-electron chi connectivity index (χ2n) is 5.42. The fourth-order valence-corrected chi connectivity index (χ4v) is 2.52. The van der Waals surface area contributed by atoms with E-state index in [1.54, 1.807) is 0 Å². The number of anilines is 1. The van der Waals surface area contributed by atoms with Crippen LogP contribution in [0, 0.1) is 0 Å². The Hall–Kier alpha value is -2.55. The maximum atomic E-state index is 4.49. The minimum absolute atomic E-state index is 0.781. The Morgan fingerprint density at radius 1 is 0.955 bits per heavy atom. The molecule has 0 aliphatic heterocycles. The zero-order valence-corrected chi connectivity index (χ0v) is 13.1. The highest BCUT2D eigenvalue weighted by Gasteiger charge is 2.07. The molecule has 112 valence electrons. The van der Waals surface area contributed by atoms with Gasteiger partial charge < -0.3 is 9.88 Å². The van der Waals surface area contributed by atoms with E-state index in [-0.39, 0.29) is 0 Å². The van der Waals surface area contributed by atoms with Crippen molar-refractivity contribution in [2.24, 2.45) is 7.05 Å². The molecule has 0 aliphatic rings. The molecular weight excluding hydrogens is 270 g/mol. The molecule has 0 radical (unpaired) electrons. The van der Waals surface area contributed by atoms with Crippen molar-refractivity contribution in [2.75, 3.05) is 5.32 Å². The van der Waals surface area contributed by atoms with Gasteiger partial charge in [0, 0.05) is 13.6 Å². The number of aromatic nitrogens is 2. The molecule has 3 nitrogen and oxygen atoms in total. The van der Waals surface area contributed by atoms with Gasteiger partial charge in [-0.15, -0.1) is 0 Å². The summed E-state index contributed by atoms with van der Waals surface area (Å²) in [5.41, 5.74) is 4.93. The fourth-order valence-electron chi connectivity index (χ4n) is 2.52. The van der Waals surface area contributed by atoms with Crippen molar-refractivity contribution in [1.82, 2.24) is 9.55 Å². The van der Waals surface area contributed by atoms with Crippen LogP contribution in [-0.2, 0) is 20.0 Å². The first kappa shape index (κ1) is 14.4. The van der Waals surface area contributed by atoms with Gasteiger partial charge in [0.1, 0.15) is 0 Å². The lowest BCUT2D eigenvalue weighted by molar-refractivity contribution is 0.906. The summed E-state index contributed by atoms with van der Waals surface area (Å²) >= 11 is 0. The first-order valence-corrected chi connectivity index (χ1v) is 7.66. The summed E-state index contributed by atoms with van der Waals surface area (Å²) in [5.74, 6) is 0.887. The lowest BCUT2D eigenvalue weighted by Gasteiger charge is -2.09. The molecule has 0 aliphatic carbocycles. The first-order valence-electron chi connectivity index (χ1n) is 7.66. The van der Waals surface area contributed by atoms with Crippen LogP contribution in [0.15, 0.2) is 60.8 Å². The average Bonchev–Trinajstić information content (AvgIpc) is 2.95. The Balaban J connectivity index is 1.72. The monoisotopic (exact) mass is 291 g/mol. The van der Waals surface area contributed by atoms with Gasteiger partial charge in [-0.05, 0) is 23.1 Å². The molecule has 0 atom stereocenters.